The van der Waals surface area contributed by atoms with Gasteiger partial charge in [-0.3, -0.25) is 9.78 Å². The number of hydrogen-bond acceptors (Lipinski definition) is 4. The smallest absolute Gasteiger partial charge is 0.250 e. The Hall–Kier alpha value is -2.37. The summed E-state index contributed by atoms with van der Waals surface area (Å²) in [7, 11) is 0. The fourth-order valence-corrected chi connectivity index (χ4v) is 3.14. The van der Waals surface area contributed by atoms with E-state index in [1.54, 1.807) is 12.3 Å². The number of nitrogens with zero attached hydrogens (tertiary/aromatic N) is 2. The molecule has 1 heterocycles. The van der Waals surface area contributed by atoms with E-state index < -0.39 is 0 Å². The Bertz CT molecular complexity index is 893. The second-order valence-electron chi connectivity index (χ2n) is 4.93. The molecule has 0 fully saturated rings. The van der Waals surface area contributed by atoms with Crippen LogP contribution in [0.5, 0.6) is 0 Å². The fraction of sp³-hybridized carbons (Fsp3) is 0.0556. The van der Waals surface area contributed by atoms with Crippen molar-refractivity contribution in [2.75, 3.05) is 5.75 Å². The van der Waals surface area contributed by atoms with Gasteiger partial charge in [0.05, 0.1) is 17.5 Å². The number of para-hydroxylation sites is 1. The summed E-state index contributed by atoms with van der Waals surface area (Å²) in [6.45, 7) is 0. The molecule has 1 aromatic heterocycles. The fourth-order valence-electron chi connectivity index (χ4n) is 2.12. The lowest BCUT2D eigenvalue weighted by Gasteiger charge is -2.04. The van der Waals surface area contributed by atoms with Crippen molar-refractivity contribution in [2.24, 2.45) is 5.10 Å². The van der Waals surface area contributed by atoms with Gasteiger partial charge in [0.25, 0.3) is 0 Å². The van der Waals surface area contributed by atoms with E-state index in [9.17, 15) is 4.79 Å². The Kier molecular flexibility index (Phi) is 5.46. The third kappa shape index (κ3) is 4.13. The van der Waals surface area contributed by atoms with Gasteiger partial charge < -0.3 is 0 Å². The number of halogens is 1. The summed E-state index contributed by atoms with van der Waals surface area (Å²) in [6.07, 6.45) is 3.28. The number of fused-ring (bicyclic) bond motifs is 1. The maximum absolute atomic E-state index is 11.9. The third-order valence-electron chi connectivity index (χ3n) is 3.25. The van der Waals surface area contributed by atoms with E-state index in [2.05, 4.69) is 15.5 Å². The molecule has 0 radical (unpaired) electrons. The number of carbonyl (C=O) groups is 1. The molecular weight excluding hydrogens is 342 g/mol. The van der Waals surface area contributed by atoms with Crippen LogP contribution in [0.25, 0.3) is 10.9 Å². The first kappa shape index (κ1) is 16.5. The summed E-state index contributed by atoms with van der Waals surface area (Å²) in [5.41, 5.74) is 4.16. The first-order valence-corrected chi connectivity index (χ1v) is 8.63. The first-order chi connectivity index (χ1) is 11.7. The Balaban J connectivity index is 1.58. The van der Waals surface area contributed by atoms with E-state index in [1.165, 1.54) is 18.0 Å². The van der Waals surface area contributed by atoms with Crippen LogP contribution in [0.3, 0.4) is 0 Å². The van der Waals surface area contributed by atoms with Crippen LogP contribution in [-0.4, -0.2) is 22.9 Å². The van der Waals surface area contributed by atoms with Crippen molar-refractivity contribution in [2.45, 2.75) is 4.90 Å². The number of hydrazone groups is 1. The van der Waals surface area contributed by atoms with Crippen LogP contribution in [0.2, 0.25) is 5.02 Å². The normalized spacial score (nSPS) is 11.0. The molecule has 0 atom stereocenters. The summed E-state index contributed by atoms with van der Waals surface area (Å²) in [5.74, 6) is 0.0754. The number of nitrogens with one attached hydrogen (secondary N) is 1. The molecule has 120 valence electrons. The highest BCUT2D eigenvalue weighted by atomic mass is 35.5. The van der Waals surface area contributed by atoms with Gasteiger partial charge in [-0.1, -0.05) is 48.0 Å². The molecular formula is C18H14ClN3OS. The van der Waals surface area contributed by atoms with E-state index in [1.807, 2.05) is 48.5 Å². The second-order valence-corrected chi connectivity index (χ2v) is 6.36. The van der Waals surface area contributed by atoms with Gasteiger partial charge in [0.2, 0.25) is 5.91 Å². The number of carbonyl (C=O) groups excluding carboxylic acids is 1. The van der Waals surface area contributed by atoms with Crippen molar-refractivity contribution < 1.29 is 4.79 Å². The van der Waals surface area contributed by atoms with E-state index >= 15 is 0 Å². The molecule has 6 heteroatoms. The van der Waals surface area contributed by atoms with E-state index in [0.717, 1.165) is 21.4 Å². The molecule has 0 aliphatic heterocycles. The minimum absolute atomic E-state index is 0.184. The zero-order valence-electron chi connectivity index (χ0n) is 12.6. The monoisotopic (exact) mass is 355 g/mol. The molecule has 0 saturated carbocycles. The Labute approximate surface area is 148 Å². The molecule has 2 aromatic carbocycles. The summed E-state index contributed by atoms with van der Waals surface area (Å²) in [6, 6.07) is 17.1. The average Bonchev–Trinajstić information content (AvgIpc) is 2.61. The van der Waals surface area contributed by atoms with Crippen molar-refractivity contribution in [3.8, 4) is 0 Å². The molecule has 0 aliphatic carbocycles. The summed E-state index contributed by atoms with van der Waals surface area (Å²) in [4.78, 5) is 17.3. The molecule has 3 rings (SSSR count). The van der Waals surface area contributed by atoms with Crippen LogP contribution in [0.1, 0.15) is 5.56 Å². The maximum atomic E-state index is 11.9. The number of benzene rings is 2. The minimum Gasteiger partial charge on any atom is -0.272 e. The first-order valence-electron chi connectivity index (χ1n) is 7.27. The van der Waals surface area contributed by atoms with Gasteiger partial charge in [-0.15, -0.1) is 11.8 Å². The molecule has 3 aromatic rings. The van der Waals surface area contributed by atoms with Gasteiger partial charge in [-0.2, -0.15) is 5.10 Å². The highest BCUT2D eigenvalue weighted by molar-refractivity contribution is 8.00. The van der Waals surface area contributed by atoms with Crippen molar-refractivity contribution in [3.05, 3.63) is 71.4 Å². The van der Waals surface area contributed by atoms with Crippen LogP contribution >= 0.6 is 23.4 Å². The van der Waals surface area contributed by atoms with Crippen molar-refractivity contribution in [1.82, 2.24) is 10.4 Å². The van der Waals surface area contributed by atoms with Gasteiger partial charge in [-0.05, 0) is 18.2 Å². The maximum Gasteiger partial charge on any atom is 0.250 e. The standard InChI is InChI=1S/C18H14ClN3OS/c19-15-8-2-1-5-14(15)11-21-22-17(23)12-24-16-9-3-6-13-7-4-10-20-18(13)16/h1-11H,12H2,(H,22,23)/b21-11-. The lowest BCUT2D eigenvalue weighted by Crippen LogP contribution is -2.19. The van der Waals surface area contributed by atoms with Crippen molar-refractivity contribution in [3.63, 3.8) is 0 Å². The molecule has 0 saturated heterocycles. The summed E-state index contributed by atoms with van der Waals surface area (Å²) < 4.78 is 0. The molecule has 4 nitrogen and oxygen atoms in total. The Morgan fingerprint density at radius 2 is 2.00 bits per heavy atom. The molecule has 24 heavy (non-hydrogen) atoms. The Morgan fingerprint density at radius 3 is 2.88 bits per heavy atom. The van der Waals surface area contributed by atoms with Crippen molar-refractivity contribution in [1.29, 1.82) is 0 Å². The average molecular weight is 356 g/mol. The van der Waals surface area contributed by atoms with Crippen LogP contribution in [0, 0.1) is 0 Å². The zero-order valence-corrected chi connectivity index (χ0v) is 14.2. The molecule has 1 amide bonds. The van der Waals surface area contributed by atoms with E-state index in [-0.39, 0.29) is 11.7 Å². The van der Waals surface area contributed by atoms with Crippen LogP contribution in [0.4, 0.5) is 0 Å². The third-order valence-corrected chi connectivity index (χ3v) is 4.64. The van der Waals surface area contributed by atoms with Gasteiger partial charge in [-0.25, -0.2) is 5.43 Å². The molecule has 0 bridgehead atoms. The van der Waals surface area contributed by atoms with Crippen molar-refractivity contribution >= 4 is 46.4 Å². The predicted octanol–water partition coefficient (Wildman–Crippen LogP) is 4.13. The number of aromatic nitrogens is 1. The summed E-state index contributed by atoms with van der Waals surface area (Å²) in [5, 5.41) is 5.58. The zero-order chi connectivity index (χ0) is 16.8. The minimum atomic E-state index is -0.184. The molecule has 0 unspecified atom stereocenters. The lowest BCUT2D eigenvalue weighted by atomic mass is 10.2. The summed E-state index contributed by atoms with van der Waals surface area (Å²) >= 11 is 7.45. The quantitative estimate of drug-likeness (QED) is 0.425. The number of rotatable bonds is 5. The number of hydrogen-bond donors (Lipinski definition) is 1. The van der Waals surface area contributed by atoms with Crippen LogP contribution in [0.15, 0.2) is 70.8 Å². The lowest BCUT2D eigenvalue weighted by molar-refractivity contribution is -0.118. The largest absolute Gasteiger partial charge is 0.272 e. The van der Waals surface area contributed by atoms with Crippen LogP contribution < -0.4 is 5.43 Å². The van der Waals surface area contributed by atoms with Gasteiger partial charge in [0.15, 0.2) is 0 Å². The number of pyridine rings is 1. The SMILES string of the molecule is O=C(CSc1cccc2cccnc12)N/N=C\c1ccccc1Cl. The van der Waals surface area contributed by atoms with E-state index in [0.29, 0.717) is 5.02 Å². The number of amides is 1. The predicted molar refractivity (Wildman–Crippen MR) is 99.7 cm³/mol. The number of thioether (sulfide) groups is 1. The second kappa shape index (κ2) is 7.95. The molecule has 0 aliphatic rings. The highest BCUT2D eigenvalue weighted by Gasteiger charge is 2.06. The van der Waals surface area contributed by atoms with E-state index in [4.69, 9.17) is 11.6 Å². The topological polar surface area (TPSA) is 54.4 Å². The molecule has 1 N–H and O–H groups in total. The Morgan fingerprint density at radius 1 is 1.17 bits per heavy atom. The van der Waals surface area contributed by atoms with Gasteiger partial charge in [0, 0.05) is 27.1 Å². The van der Waals surface area contributed by atoms with Crippen LogP contribution in [-0.2, 0) is 4.79 Å². The highest BCUT2D eigenvalue weighted by Crippen LogP contribution is 2.25. The van der Waals surface area contributed by atoms with Gasteiger partial charge >= 0.3 is 0 Å². The van der Waals surface area contributed by atoms with Gasteiger partial charge in [0.1, 0.15) is 0 Å². The molecule has 0 spiro atoms.